The average molecular weight is 376 g/mol. The molecule has 2 unspecified atom stereocenters. The van der Waals surface area contributed by atoms with Gasteiger partial charge in [-0.05, 0) is 32.0 Å². The molecule has 0 fully saturated rings. The van der Waals surface area contributed by atoms with Crippen LogP contribution in [0.25, 0.3) is 0 Å². The van der Waals surface area contributed by atoms with Crippen molar-refractivity contribution in [2.45, 2.75) is 44.9 Å². The minimum Gasteiger partial charge on any atom is -0.485 e. The van der Waals surface area contributed by atoms with Crippen molar-refractivity contribution < 1.29 is 17.3 Å². The first-order valence-corrected chi connectivity index (χ1v) is 9.76. The van der Waals surface area contributed by atoms with Crippen molar-refractivity contribution in [2.75, 3.05) is 6.26 Å². The van der Waals surface area contributed by atoms with Gasteiger partial charge < -0.3 is 4.74 Å². The molecule has 2 rings (SSSR count). The number of ether oxygens (including phenoxy) is 1. The number of hydrogen-bond donors (Lipinski definition) is 1. The van der Waals surface area contributed by atoms with E-state index in [1.54, 1.807) is 32.0 Å². The van der Waals surface area contributed by atoms with E-state index in [9.17, 15) is 13.7 Å². The van der Waals surface area contributed by atoms with Crippen LogP contribution in [0.4, 0.5) is 0 Å². The SMILES string of the molecule is CCC(=NC1c2cc(C#N)ccc2OC(C)(C)C1OS(C)(=O)=O)NC#N. The molecule has 0 aromatic heterocycles. The van der Waals surface area contributed by atoms with E-state index < -0.39 is 27.9 Å². The van der Waals surface area contributed by atoms with E-state index in [1.807, 2.05) is 19.2 Å². The molecule has 2 atom stereocenters. The second-order valence-corrected chi connectivity index (χ2v) is 8.00. The molecule has 8 nitrogen and oxygen atoms in total. The first kappa shape index (κ1) is 19.7. The summed E-state index contributed by atoms with van der Waals surface area (Å²) < 4.78 is 34.8. The molecular weight excluding hydrogens is 356 g/mol. The van der Waals surface area contributed by atoms with Gasteiger partial charge in [-0.1, -0.05) is 6.92 Å². The van der Waals surface area contributed by atoms with Gasteiger partial charge in [0.05, 0.1) is 17.9 Å². The molecule has 0 bridgehead atoms. The van der Waals surface area contributed by atoms with Crippen molar-refractivity contribution >= 4 is 16.0 Å². The number of amidine groups is 1. The molecule has 0 radical (unpaired) electrons. The summed E-state index contributed by atoms with van der Waals surface area (Å²) >= 11 is 0. The van der Waals surface area contributed by atoms with Crippen LogP contribution >= 0.6 is 0 Å². The normalized spacial score (nSPS) is 21.7. The number of rotatable bonds is 4. The maximum atomic E-state index is 11.8. The highest BCUT2D eigenvalue weighted by Gasteiger charge is 2.47. The predicted molar refractivity (Wildman–Crippen MR) is 94.8 cm³/mol. The fourth-order valence-corrected chi connectivity index (χ4v) is 3.48. The van der Waals surface area contributed by atoms with E-state index in [-0.39, 0.29) is 0 Å². The Balaban J connectivity index is 2.68. The number of hydrogen-bond acceptors (Lipinski definition) is 7. The molecule has 1 aliphatic heterocycles. The molecule has 0 saturated heterocycles. The second-order valence-electron chi connectivity index (χ2n) is 6.40. The molecule has 1 heterocycles. The molecule has 1 N–H and O–H groups in total. The molecule has 9 heteroatoms. The lowest BCUT2D eigenvalue weighted by Crippen LogP contribution is -2.51. The van der Waals surface area contributed by atoms with Gasteiger partial charge in [-0.2, -0.15) is 18.9 Å². The summed E-state index contributed by atoms with van der Waals surface area (Å²) in [7, 11) is -3.80. The highest BCUT2D eigenvalue weighted by atomic mass is 32.2. The standard InChI is InChI=1S/C17H20N4O4S/c1-5-14(20-10-19)21-15-12-8-11(9-18)6-7-13(12)24-17(2,3)16(15)25-26(4,22)23/h6-8,15-16H,5H2,1-4H3,(H,20,21). The smallest absolute Gasteiger partial charge is 0.264 e. The van der Waals surface area contributed by atoms with E-state index in [0.717, 1.165) is 6.26 Å². The van der Waals surface area contributed by atoms with Crippen molar-refractivity contribution in [1.29, 1.82) is 10.5 Å². The molecule has 0 aliphatic carbocycles. The number of nitrogens with zero attached hydrogens (tertiary/aromatic N) is 3. The Hall–Kier alpha value is -2.62. The van der Waals surface area contributed by atoms with Crippen LogP contribution in [0.5, 0.6) is 5.75 Å². The van der Waals surface area contributed by atoms with E-state index >= 15 is 0 Å². The molecule has 0 spiro atoms. The molecule has 138 valence electrons. The number of fused-ring (bicyclic) bond motifs is 1. The minimum atomic E-state index is -3.80. The summed E-state index contributed by atoms with van der Waals surface area (Å²) in [4.78, 5) is 4.53. The fourth-order valence-electron chi connectivity index (χ4n) is 2.77. The lowest BCUT2D eigenvalue weighted by atomic mass is 9.86. The summed E-state index contributed by atoms with van der Waals surface area (Å²) in [6, 6.07) is 6.13. The number of aliphatic imine (C=N–C) groups is 1. The summed E-state index contributed by atoms with van der Waals surface area (Å²) in [6.45, 7) is 5.22. The second kappa shape index (κ2) is 7.32. The van der Waals surface area contributed by atoms with E-state index in [4.69, 9.17) is 14.2 Å². The molecule has 0 saturated carbocycles. The monoisotopic (exact) mass is 376 g/mol. The van der Waals surface area contributed by atoms with Gasteiger partial charge in [0.15, 0.2) is 6.19 Å². The highest BCUT2D eigenvalue weighted by Crippen LogP contribution is 2.44. The van der Waals surface area contributed by atoms with Gasteiger partial charge in [-0.3, -0.25) is 14.5 Å². The molecule has 1 aliphatic rings. The number of benzene rings is 1. The molecule has 26 heavy (non-hydrogen) atoms. The number of nitrogens with one attached hydrogen (secondary N) is 1. The van der Waals surface area contributed by atoms with Gasteiger partial charge in [-0.15, -0.1) is 0 Å². The molecular formula is C17H20N4O4S. The Kier molecular flexibility index (Phi) is 5.55. The third-order valence-corrected chi connectivity index (χ3v) is 4.47. The quantitative estimate of drug-likeness (QED) is 0.280. The van der Waals surface area contributed by atoms with Crippen molar-refractivity contribution in [3.63, 3.8) is 0 Å². The van der Waals surface area contributed by atoms with Crippen molar-refractivity contribution in [3.8, 4) is 18.0 Å². The Morgan fingerprint density at radius 3 is 2.65 bits per heavy atom. The van der Waals surface area contributed by atoms with Crippen LogP contribution in [0.15, 0.2) is 23.2 Å². The van der Waals surface area contributed by atoms with Gasteiger partial charge in [-0.25, -0.2) is 0 Å². The van der Waals surface area contributed by atoms with Gasteiger partial charge in [0, 0.05) is 12.0 Å². The maximum absolute atomic E-state index is 11.8. The first-order valence-electron chi connectivity index (χ1n) is 7.94. The average Bonchev–Trinajstić information content (AvgIpc) is 2.55. The van der Waals surface area contributed by atoms with Crippen LogP contribution in [0.2, 0.25) is 0 Å². The summed E-state index contributed by atoms with van der Waals surface area (Å²) in [5.41, 5.74) is -0.0939. The Morgan fingerprint density at radius 1 is 1.42 bits per heavy atom. The van der Waals surface area contributed by atoms with Gasteiger partial charge in [0.1, 0.15) is 29.3 Å². The Labute approximate surface area is 153 Å². The largest absolute Gasteiger partial charge is 0.485 e. The predicted octanol–water partition coefficient (Wildman–Crippen LogP) is 1.99. The molecule has 1 aromatic rings. The minimum absolute atomic E-state index is 0.380. The van der Waals surface area contributed by atoms with E-state index in [2.05, 4.69) is 10.3 Å². The van der Waals surface area contributed by atoms with Gasteiger partial charge in [0.2, 0.25) is 0 Å². The lowest BCUT2D eigenvalue weighted by Gasteiger charge is -2.42. The van der Waals surface area contributed by atoms with Crippen LogP contribution in [-0.2, 0) is 14.3 Å². The molecule has 1 aromatic carbocycles. The summed E-state index contributed by atoms with van der Waals surface area (Å²) in [5.74, 6) is 0.870. The van der Waals surface area contributed by atoms with Crippen LogP contribution < -0.4 is 10.1 Å². The van der Waals surface area contributed by atoms with Crippen molar-refractivity contribution in [1.82, 2.24) is 5.32 Å². The van der Waals surface area contributed by atoms with Crippen LogP contribution in [0.3, 0.4) is 0 Å². The Bertz CT molecular complexity index is 910. The third-order valence-electron chi connectivity index (χ3n) is 3.91. The maximum Gasteiger partial charge on any atom is 0.264 e. The fraction of sp³-hybridized carbons (Fsp3) is 0.471. The zero-order chi connectivity index (χ0) is 19.5. The third kappa shape index (κ3) is 4.31. The Morgan fingerprint density at radius 2 is 2.12 bits per heavy atom. The number of nitriles is 2. The lowest BCUT2D eigenvalue weighted by molar-refractivity contribution is -0.0387. The van der Waals surface area contributed by atoms with E-state index in [1.165, 1.54) is 0 Å². The van der Waals surface area contributed by atoms with Crippen LogP contribution in [0.1, 0.15) is 44.4 Å². The zero-order valence-corrected chi connectivity index (χ0v) is 15.8. The van der Waals surface area contributed by atoms with E-state index in [0.29, 0.717) is 29.1 Å². The topological polar surface area (TPSA) is 125 Å². The highest BCUT2D eigenvalue weighted by molar-refractivity contribution is 7.86. The van der Waals surface area contributed by atoms with Crippen LogP contribution in [0, 0.1) is 22.8 Å². The first-order chi connectivity index (χ1) is 12.1. The van der Waals surface area contributed by atoms with Crippen LogP contribution in [-0.4, -0.2) is 32.2 Å². The zero-order valence-electron chi connectivity index (χ0n) is 15.0. The summed E-state index contributed by atoms with van der Waals surface area (Å²) in [6.07, 6.45) is 2.24. The summed E-state index contributed by atoms with van der Waals surface area (Å²) in [5, 5.41) is 20.6. The van der Waals surface area contributed by atoms with Gasteiger partial charge in [0.25, 0.3) is 10.1 Å². The van der Waals surface area contributed by atoms with Crippen molar-refractivity contribution in [2.24, 2.45) is 4.99 Å². The van der Waals surface area contributed by atoms with Crippen molar-refractivity contribution in [3.05, 3.63) is 29.3 Å². The van der Waals surface area contributed by atoms with Gasteiger partial charge >= 0.3 is 0 Å². The molecule has 0 amide bonds.